The van der Waals surface area contributed by atoms with E-state index in [9.17, 15) is 12.8 Å². The van der Waals surface area contributed by atoms with Crippen molar-refractivity contribution in [1.29, 1.82) is 0 Å². The van der Waals surface area contributed by atoms with Gasteiger partial charge in [-0.05, 0) is 25.1 Å². The molecule has 0 aliphatic heterocycles. The molecule has 0 saturated carbocycles. The first-order valence-electron chi connectivity index (χ1n) is 4.63. The lowest BCUT2D eigenvalue weighted by molar-refractivity contribution is 0.556. The van der Waals surface area contributed by atoms with E-state index in [0.29, 0.717) is 13.0 Å². The molecule has 1 rings (SSSR count). The third kappa shape index (κ3) is 4.40. The van der Waals surface area contributed by atoms with Crippen LogP contribution in [0.5, 0.6) is 0 Å². The van der Waals surface area contributed by atoms with E-state index in [0.717, 1.165) is 6.07 Å². The van der Waals surface area contributed by atoms with Gasteiger partial charge in [0.2, 0.25) is 10.0 Å². The van der Waals surface area contributed by atoms with Gasteiger partial charge in [0, 0.05) is 6.54 Å². The van der Waals surface area contributed by atoms with Gasteiger partial charge < -0.3 is 5.73 Å². The predicted octanol–water partition coefficient (Wildman–Crippen LogP) is 1.53. The summed E-state index contributed by atoms with van der Waals surface area (Å²) < 4.78 is 38.9. The van der Waals surface area contributed by atoms with Crippen LogP contribution in [0.4, 0.5) is 4.39 Å². The molecule has 0 radical (unpaired) electrons. The van der Waals surface area contributed by atoms with Gasteiger partial charge in [0.25, 0.3) is 0 Å². The molecule has 98 valence electrons. The van der Waals surface area contributed by atoms with Gasteiger partial charge >= 0.3 is 0 Å². The van der Waals surface area contributed by atoms with Gasteiger partial charge in [-0.1, -0.05) is 17.7 Å². The zero-order valence-corrected chi connectivity index (χ0v) is 11.2. The maximum atomic E-state index is 13.4. The molecule has 0 heterocycles. The molecule has 8 heteroatoms. The Morgan fingerprint density at radius 1 is 1.41 bits per heavy atom. The van der Waals surface area contributed by atoms with Gasteiger partial charge in [0.1, 0.15) is 4.90 Å². The van der Waals surface area contributed by atoms with Crippen LogP contribution in [0.25, 0.3) is 0 Å². The number of nitrogens with two attached hydrogens (primary N) is 1. The quantitative estimate of drug-likeness (QED) is 0.810. The largest absolute Gasteiger partial charge is 0.330 e. The Bertz CT molecular complexity index is 468. The molecule has 17 heavy (non-hydrogen) atoms. The van der Waals surface area contributed by atoms with E-state index in [4.69, 9.17) is 17.3 Å². The molecule has 0 spiro atoms. The van der Waals surface area contributed by atoms with E-state index in [2.05, 4.69) is 4.72 Å². The standard InChI is InChI=1S/C9H12ClFN2O2S.ClH/c10-7-3-1-4-8(9(7)11)16(14,15)13-6-2-5-12;/h1,3-4,13H,2,5-6,12H2;1H. The predicted molar refractivity (Wildman–Crippen MR) is 67.5 cm³/mol. The average molecular weight is 303 g/mol. The number of halogens is 3. The molecular formula is C9H13Cl2FN2O2S. The van der Waals surface area contributed by atoms with Gasteiger partial charge in [-0.25, -0.2) is 17.5 Å². The minimum atomic E-state index is -3.85. The molecule has 0 aliphatic carbocycles. The van der Waals surface area contributed by atoms with Crippen molar-refractivity contribution in [2.24, 2.45) is 5.73 Å². The van der Waals surface area contributed by atoms with Crippen LogP contribution >= 0.6 is 24.0 Å². The van der Waals surface area contributed by atoms with E-state index < -0.39 is 20.7 Å². The minimum Gasteiger partial charge on any atom is -0.330 e. The highest BCUT2D eigenvalue weighted by Crippen LogP contribution is 2.21. The maximum Gasteiger partial charge on any atom is 0.243 e. The molecule has 0 bridgehead atoms. The van der Waals surface area contributed by atoms with Crippen LogP contribution < -0.4 is 10.5 Å². The van der Waals surface area contributed by atoms with E-state index >= 15 is 0 Å². The third-order valence-electron chi connectivity index (χ3n) is 1.88. The Morgan fingerprint density at radius 3 is 2.65 bits per heavy atom. The second kappa shape index (κ2) is 7.13. The first kappa shape index (κ1) is 16.6. The first-order chi connectivity index (χ1) is 7.49. The van der Waals surface area contributed by atoms with E-state index in [-0.39, 0.29) is 24.0 Å². The fourth-order valence-electron chi connectivity index (χ4n) is 1.08. The molecule has 1 aromatic carbocycles. The Labute approximate surface area is 111 Å². The molecule has 0 amide bonds. The molecule has 3 N–H and O–H groups in total. The van der Waals surface area contributed by atoms with E-state index in [1.165, 1.54) is 12.1 Å². The lowest BCUT2D eigenvalue weighted by atomic mass is 10.3. The molecule has 0 aromatic heterocycles. The summed E-state index contributed by atoms with van der Waals surface area (Å²) in [6.07, 6.45) is 0.488. The van der Waals surface area contributed by atoms with Gasteiger partial charge in [-0.2, -0.15) is 0 Å². The zero-order chi connectivity index (χ0) is 12.2. The molecule has 0 unspecified atom stereocenters. The average Bonchev–Trinajstić information content (AvgIpc) is 2.22. The van der Waals surface area contributed by atoms with E-state index in [1.54, 1.807) is 0 Å². The Kier molecular flexibility index (Phi) is 6.96. The summed E-state index contributed by atoms with van der Waals surface area (Å²) in [7, 11) is -3.85. The van der Waals surface area contributed by atoms with Gasteiger partial charge in [-0.3, -0.25) is 0 Å². The highest BCUT2D eigenvalue weighted by atomic mass is 35.5. The zero-order valence-electron chi connectivity index (χ0n) is 8.82. The summed E-state index contributed by atoms with van der Waals surface area (Å²) in [5.74, 6) is -0.940. The van der Waals surface area contributed by atoms with Crippen molar-refractivity contribution < 1.29 is 12.8 Å². The Hall–Kier alpha value is -0.400. The van der Waals surface area contributed by atoms with Crippen molar-refractivity contribution in [3.05, 3.63) is 29.0 Å². The molecule has 0 atom stereocenters. The third-order valence-corrected chi connectivity index (χ3v) is 3.65. The van der Waals surface area contributed by atoms with Gasteiger partial charge in [0.05, 0.1) is 5.02 Å². The van der Waals surface area contributed by atoms with Crippen LogP contribution in [0.2, 0.25) is 5.02 Å². The van der Waals surface area contributed by atoms with Crippen LogP contribution in [0, 0.1) is 5.82 Å². The topological polar surface area (TPSA) is 72.2 Å². The number of benzene rings is 1. The second-order valence-corrected chi connectivity index (χ2v) is 5.23. The van der Waals surface area contributed by atoms with Crippen molar-refractivity contribution in [2.45, 2.75) is 11.3 Å². The van der Waals surface area contributed by atoms with Gasteiger partial charge in [-0.15, -0.1) is 12.4 Å². The highest BCUT2D eigenvalue weighted by molar-refractivity contribution is 7.89. The Balaban J connectivity index is 0.00000256. The maximum absolute atomic E-state index is 13.4. The second-order valence-electron chi connectivity index (χ2n) is 3.09. The van der Waals surface area contributed by atoms with Crippen molar-refractivity contribution >= 4 is 34.0 Å². The van der Waals surface area contributed by atoms with Crippen LogP contribution in [0.1, 0.15) is 6.42 Å². The molecule has 0 fully saturated rings. The van der Waals surface area contributed by atoms with Crippen LogP contribution in [-0.4, -0.2) is 21.5 Å². The van der Waals surface area contributed by atoms with Crippen LogP contribution in [0.3, 0.4) is 0 Å². The smallest absolute Gasteiger partial charge is 0.243 e. The van der Waals surface area contributed by atoms with Gasteiger partial charge in [0.15, 0.2) is 5.82 Å². The fraction of sp³-hybridized carbons (Fsp3) is 0.333. The summed E-state index contributed by atoms with van der Waals surface area (Å²) >= 11 is 5.49. The Morgan fingerprint density at radius 2 is 2.06 bits per heavy atom. The first-order valence-corrected chi connectivity index (χ1v) is 6.49. The number of hydrogen-bond donors (Lipinski definition) is 2. The normalized spacial score (nSPS) is 11.0. The number of rotatable bonds is 5. The lowest BCUT2D eigenvalue weighted by Crippen LogP contribution is -2.27. The van der Waals surface area contributed by atoms with Crippen LogP contribution in [0.15, 0.2) is 23.1 Å². The molecular weight excluding hydrogens is 290 g/mol. The van der Waals surface area contributed by atoms with Crippen molar-refractivity contribution in [1.82, 2.24) is 4.72 Å². The number of sulfonamides is 1. The van der Waals surface area contributed by atoms with Crippen molar-refractivity contribution in [3.63, 3.8) is 0 Å². The summed E-state index contributed by atoms with van der Waals surface area (Å²) in [6.45, 7) is 0.533. The lowest BCUT2D eigenvalue weighted by Gasteiger charge is -2.07. The van der Waals surface area contributed by atoms with Crippen molar-refractivity contribution in [2.75, 3.05) is 13.1 Å². The molecule has 1 aromatic rings. The number of nitrogens with one attached hydrogen (secondary N) is 1. The molecule has 0 aliphatic rings. The molecule has 0 saturated heterocycles. The minimum absolute atomic E-state index is 0. The number of hydrogen-bond acceptors (Lipinski definition) is 3. The fourth-order valence-corrected chi connectivity index (χ4v) is 2.48. The SMILES string of the molecule is Cl.NCCCNS(=O)(=O)c1cccc(Cl)c1F. The van der Waals surface area contributed by atoms with Crippen LogP contribution in [-0.2, 0) is 10.0 Å². The highest BCUT2D eigenvalue weighted by Gasteiger charge is 2.19. The summed E-state index contributed by atoms with van der Waals surface area (Å²) in [5, 5.41) is -0.221. The van der Waals surface area contributed by atoms with E-state index in [1.807, 2.05) is 0 Å². The summed E-state index contributed by atoms with van der Waals surface area (Å²) in [5.41, 5.74) is 5.22. The summed E-state index contributed by atoms with van der Waals surface area (Å²) in [4.78, 5) is -0.447. The van der Waals surface area contributed by atoms with Crippen molar-refractivity contribution in [3.8, 4) is 0 Å². The monoisotopic (exact) mass is 302 g/mol. The summed E-state index contributed by atoms with van der Waals surface area (Å²) in [6, 6.07) is 3.82. The molecule has 4 nitrogen and oxygen atoms in total.